The summed E-state index contributed by atoms with van der Waals surface area (Å²) in [6.07, 6.45) is 3.79. The maximum atomic E-state index is 9.94. The lowest BCUT2D eigenvalue weighted by molar-refractivity contribution is 0.441. The Morgan fingerprint density at radius 2 is 2.07 bits per heavy atom. The zero-order valence-electron chi connectivity index (χ0n) is 8.82. The molecule has 80 valence electrons. The molecule has 3 rings (SSSR count). The molecule has 0 amide bonds. The summed E-state index contributed by atoms with van der Waals surface area (Å²) in [6, 6.07) is 7.78. The molecule has 0 aromatic heterocycles. The molecule has 0 saturated heterocycles. The number of nitrogens with two attached hydrogens (primary N) is 1. The molecule has 0 radical (unpaired) electrons. The van der Waals surface area contributed by atoms with Crippen LogP contribution in [-0.4, -0.2) is 11.7 Å². The topological polar surface area (TPSA) is 46.2 Å². The molecule has 2 nitrogen and oxygen atoms in total. The van der Waals surface area contributed by atoms with Crippen LogP contribution in [0.1, 0.15) is 24.8 Å². The number of hydrogen-bond acceptors (Lipinski definition) is 2. The number of aromatic hydroxyl groups is 1. The van der Waals surface area contributed by atoms with Crippen molar-refractivity contribution in [2.24, 2.45) is 17.6 Å². The Kier molecular flexibility index (Phi) is 1.84. The summed E-state index contributed by atoms with van der Waals surface area (Å²) < 4.78 is 0. The van der Waals surface area contributed by atoms with Crippen LogP contribution in [0.15, 0.2) is 24.3 Å². The van der Waals surface area contributed by atoms with Gasteiger partial charge in [-0.3, -0.25) is 0 Å². The Morgan fingerprint density at radius 3 is 2.60 bits per heavy atom. The fourth-order valence-electron chi connectivity index (χ4n) is 3.16. The van der Waals surface area contributed by atoms with Gasteiger partial charge in [0, 0.05) is 11.0 Å². The molecule has 2 aliphatic rings. The Hall–Kier alpha value is -1.02. The molecule has 2 fully saturated rings. The molecule has 1 aromatic rings. The summed E-state index contributed by atoms with van der Waals surface area (Å²) in [5, 5.41) is 9.94. The van der Waals surface area contributed by atoms with E-state index in [1.165, 1.54) is 19.3 Å². The highest BCUT2D eigenvalue weighted by molar-refractivity contribution is 5.45. The number of hydrogen-bond donors (Lipinski definition) is 2. The minimum absolute atomic E-state index is 0.236. The van der Waals surface area contributed by atoms with Gasteiger partial charge in [0.05, 0.1) is 0 Å². The first-order valence-corrected chi connectivity index (χ1v) is 5.77. The number of para-hydroxylation sites is 1. The maximum Gasteiger partial charge on any atom is 0.119 e. The summed E-state index contributed by atoms with van der Waals surface area (Å²) in [6.45, 7) is 0.755. The fraction of sp³-hybridized carbons (Fsp3) is 0.538. The van der Waals surface area contributed by atoms with Crippen LogP contribution in [0.3, 0.4) is 0 Å². The van der Waals surface area contributed by atoms with Crippen LogP contribution in [0, 0.1) is 11.8 Å². The molecule has 2 aliphatic carbocycles. The molecule has 1 aromatic carbocycles. The van der Waals surface area contributed by atoms with E-state index in [0.717, 1.165) is 18.0 Å². The first kappa shape index (κ1) is 9.22. The van der Waals surface area contributed by atoms with Crippen LogP contribution < -0.4 is 5.73 Å². The van der Waals surface area contributed by atoms with Crippen LogP contribution in [0.5, 0.6) is 5.75 Å². The standard InChI is InChI=1S/C13H17NO/c14-8-10-7-13(10,9-5-6-9)11-3-1-2-4-12(11)15/h1-4,9-10,15H,5-8,14H2. The first-order valence-electron chi connectivity index (χ1n) is 5.77. The van der Waals surface area contributed by atoms with Gasteiger partial charge in [0.1, 0.15) is 5.75 Å². The minimum Gasteiger partial charge on any atom is -0.508 e. The van der Waals surface area contributed by atoms with E-state index in [-0.39, 0.29) is 5.41 Å². The summed E-state index contributed by atoms with van der Waals surface area (Å²) in [4.78, 5) is 0. The normalized spacial score (nSPS) is 34.1. The predicted octanol–water partition coefficient (Wildman–Crippen LogP) is 2.02. The summed E-state index contributed by atoms with van der Waals surface area (Å²) in [5.41, 5.74) is 7.16. The number of phenols is 1. The Bertz CT molecular complexity index is 386. The fourth-order valence-corrected chi connectivity index (χ4v) is 3.16. The van der Waals surface area contributed by atoms with E-state index in [0.29, 0.717) is 11.7 Å². The van der Waals surface area contributed by atoms with Gasteiger partial charge < -0.3 is 10.8 Å². The molecule has 0 heterocycles. The molecule has 2 atom stereocenters. The van der Waals surface area contributed by atoms with E-state index >= 15 is 0 Å². The summed E-state index contributed by atoms with van der Waals surface area (Å²) >= 11 is 0. The molecule has 2 unspecified atom stereocenters. The van der Waals surface area contributed by atoms with Gasteiger partial charge >= 0.3 is 0 Å². The van der Waals surface area contributed by atoms with E-state index in [2.05, 4.69) is 6.07 Å². The maximum absolute atomic E-state index is 9.94. The SMILES string of the molecule is NCC1CC1(c1ccccc1O)C1CC1. The predicted molar refractivity (Wildman–Crippen MR) is 59.7 cm³/mol. The molecule has 15 heavy (non-hydrogen) atoms. The molecule has 0 bridgehead atoms. The highest BCUT2D eigenvalue weighted by Gasteiger charge is 2.62. The van der Waals surface area contributed by atoms with Gasteiger partial charge in [-0.25, -0.2) is 0 Å². The van der Waals surface area contributed by atoms with Gasteiger partial charge in [-0.05, 0) is 43.7 Å². The van der Waals surface area contributed by atoms with E-state index < -0.39 is 0 Å². The third-order valence-corrected chi connectivity index (χ3v) is 4.15. The third kappa shape index (κ3) is 1.21. The van der Waals surface area contributed by atoms with Gasteiger partial charge in [0.2, 0.25) is 0 Å². The van der Waals surface area contributed by atoms with Gasteiger partial charge in [0.25, 0.3) is 0 Å². The van der Waals surface area contributed by atoms with Gasteiger partial charge in [-0.15, -0.1) is 0 Å². The largest absolute Gasteiger partial charge is 0.508 e. The quantitative estimate of drug-likeness (QED) is 0.789. The van der Waals surface area contributed by atoms with E-state index in [1.807, 2.05) is 12.1 Å². The van der Waals surface area contributed by atoms with E-state index in [1.54, 1.807) is 6.07 Å². The minimum atomic E-state index is 0.236. The average Bonchev–Trinajstić information content (AvgIpc) is 3.12. The third-order valence-electron chi connectivity index (χ3n) is 4.15. The first-order chi connectivity index (χ1) is 7.29. The molecule has 2 saturated carbocycles. The number of phenolic OH excluding ortho intramolecular Hbond substituents is 1. The van der Waals surface area contributed by atoms with Crippen LogP contribution in [0.4, 0.5) is 0 Å². The highest BCUT2D eigenvalue weighted by Crippen LogP contribution is 2.67. The Balaban J connectivity index is 2.01. The van der Waals surface area contributed by atoms with Crippen molar-refractivity contribution in [3.63, 3.8) is 0 Å². The van der Waals surface area contributed by atoms with Crippen LogP contribution >= 0.6 is 0 Å². The summed E-state index contributed by atoms with van der Waals surface area (Å²) in [7, 11) is 0. The lowest BCUT2D eigenvalue weighted by Crippen LogP contribution is -2.17. The molecule has 2 heteroatoms. The lowest BCUT2D eigenvalue weighted by atomic mass is 9.87. The average molecular weight is 203 g/mol. The van der Waals surface area contributed by atoms with Crippen LogP contribution in [0.25, 0.3) is 0 Å². The lowest BCUT2D eigenvalue weighted by Gasteiger charge is -2.18. The molecular formula is C13H17NO. The second kappa shape index (κ2) is 2.99. The number of rotatable bonds is 3. The van der Waals surface area contributed by atoms with Crippen molar-refractivity contribution in [1.82, 2.24) is 0 Å². The van der Waals surface area contributed by atoms with Gasteiger partial charge in [0.15, 0.2) is 0 Å². The smallest absolute Gasteiger partial charge is 0.119 e. The molecular weight excluding hydrogens is 186 g/mol. The molecule has 3 N–H and O–H groups in total. The Morgan fingerprint density at radius 1 is 1.33 bits per heavy atom. The van der Waals surface area contributed by atoms with Crippen molar-refractivity contribution in [2.45, 2.75) is 24.7 Å². The zero-order valence-corrected chi connectivity index (χ0v) is 8.82. The van der Waals surface area contributed by atoms with Crippen molar-refractivity contribution in [3.05, 3.63) is 29.8 Å². The van der Waals surface area contributed by atoms with Gasteiger partial charge in [-0.2, -0.15) is 0 Å². The van der Waals surface area contributed by atoms with Crippen molar-refractivity contribution in [1.29, 1.82) is 0 Å². The van der Waals surface area contributed by atoms with Crippen LogP contribution in [-0.2, 0) is 5.41 Å². The van der Waals surface area contributed by atoms with E-state index in [4.69, 9.17) is 5.73 Å². The monoisotopic (exact) mass is 203 g/mol. The van der Waals surface area contributed by atoms with E-state index in [9.17, 15) is 5.11 Å². The highest BCUT2D eigenvalue weighted by atomic mass is 16.3. The van der Waals surface area contributed by atoms with Crippen molar-refractivity contribution in [3.8, 4) is 5.75 Å². The van der Waals surface area contributed by atoms with Crippen molar-refractivity contribution < 1.29 is 5.11 Å². The molecule has 0 spiro atoms. The zero-order chi connectivity index (χ0) is 10.5. The van der Waals surface area contributed by atoms with Gasteiger partial charge in [-0.1, -0.05) is 18.2 Å². The molecule has 0 aliphatic heterocycles. The Labute approximate surface area is 90.1 Å². The van der Waals surface area contributed by atoms with Crippen molar-refractivity contribution >= 4 is 0 Å². The second-order valence-corrected chi connectivity index (χ2v) is 4.97. The van der Waals surface area contributed by atoms with Crippen molar-refractivity contribution in [2.75, 3.05) is 6.54 Å². The summed E-state index contributed by atoms with van der Waals surface area (Å²) in [5.74, 6) is 1.83. The number of benzene rings is 1. The second-order valence-electron chi connectivity index (χ2n) is 4.97. The van der Waals surface area contributed by atoms with Crippen LogP contribution in [0.2, 0.25) is 0 Å².